The van der Waals surface area contributed by atoms with Gasteiger partial charge in [0.15, 0.2) is 11.6 Å². The summed E-state index contributed by atoms with van der Waals surface area (Å²) >= 11 is 0. The average molecular weight is 521 g/mol. The van der Waals surface area contributed by atoms with E-state index < -0.39 is 17.9 Å². The molecule has 0 bridgehead atoms. The van der Waals surface area contributed by atoms with Crippen LogP contribution in [0.3, 0.4) is 0 Å². The topological polar surface area (TPSA) is 18.5 Å². The van der Waals surface area contributed by atoms with Crippen molar-refractivity contribution >= 4 is 10.8 Å². The summed E-state index contributed by atoms with van der Waals surface area (Å²) in [6, 6.07) is 12.8. The average Bonchev–Trinajstić information content (AvgIpc) is 2.87. The molecule has 0 atom stereocenters. The first-order valence-corrected chi connectivity index (χ1v) is 12.9. The lowest BCUT2D eigenvalue weighted by molar-refractivity contribution is -0.275. The molecule has 0 amide bonds. The first-order chi connectivity index (χ1) is 17.7. The molecule has 0 spiro atoms. The first kappa shape index (κ1) is 27.4. The van der Waals surface area contributed by atoms with E-state index in [2.05, 4.69) is 10.8 Å². The van der Waals surface area contributed by atoms with Crippen molar-refractivity contribution in [3.63, 3.8) is 0 Å². The van der Waals surface area contributed by atoms with E-state index in [-0.39, 0.29) is 12.2 Å². The molecule has 3 aromatic rings. The SMILES string of the molecule is COCCC1CCC(CCc2ccc3c(F)c(CCc4ccc(OC(F)(F)F)c(F)c4)ccc3c2)CC1. The summed E-state index contributed by atoms with van der Waals surface area (Å²) in [7, 11) is 1.76. The van der Waals surface area contributed by atoms with Crippen LogP contribution in [0.25, 0.3) is 10.8 Å². The monoisotopic (exact) mass is 520 g/mol. The third-order valence-electron chi connectivity index (χ3n) is 7.54. The molecule has 200 valence electrons. The molecule has 0 heterocycles. The maximum Gasteiger partial charge on any atom is 0.573 e. The van der Waals surface area contributed by atoms with Crippen LogP contribution in [0.15, 0.2) is 48.5 Å². The summed E-state index contributed by atoms with van der Waals surface area (Å²) in [5, 5.41) is 1.39. The van der Waals surface area contributed by atoms with Crippen molar-refractivity contribution in [3.05, 3.63) is 76.9 Å². The third-order valence-corrected chi connectivity index (χ3v) is 7.54. The molecule has 1 saturated carbocycles. The number of ether oxygens (including phenoxy) is 2. The Kier molecular flexibility index (Phi) is 9.06. The van der Waals surface area contributed by atoms with Gasteiger partial charge in [-0.15, -0.1) is 13.2 Å². The molecule has 37 heavy (non-hydrogen) atoms. The molecule has 3 aromatic carbocycles. The Morgan fingerprint density at radius 3 is 2.14 bits per heavy atom. The largest absolute Gasteiger partial charge is 0.573 e. The highest BCUT2D eigenvalue weighted by Crippen LogP contribution is 2.34. The summed E-state index contributed by atoms with van der Waals surface area (Å²) in [5.74, 6) is -0.751. The van der Waals surface area contributed by atoms with Gasteiger partial charge < -0.3 is 9.47 Å². The predicted molar refractivity (Wildman–Crippen MR) is 135 cm³/mol. The highest BCUT2D eigenvalue weighted by Gasteiger charge is 2.32. The Labute approximate surface area is 214 Å². The second-order valence-corrected chi connectivity index (χ2v) is 10.1. The van der Waals surface area contributed by atoms with Gasteiger partial charge in [0, 0.05) is 19.1 Å². The lowest BCUT2D eigenvalue weighted by Crippen LogP contribution is -2.18. The Morgan fingerprint density at radius 1 is 0.784 bits per heavy atom. The number of halogens is 5. The highest BCUT2D eigenvalue weighted by molar-refractivity contribution is 5.84. The zero-order valence-electron chi connectivity index (χ0n) is 21.1. The molecule has 1 aliphatic rings. The molecule has 0 unspecified atom stereocenters. The van der Waals surface area contributed by atoms with Crippen LogP contribution >= 0.6 is 0 Å². The van der Waals surface area contributed by atoms with Crippen molar-refractivity contribution < 1.29 is 31.4 Å². The fourth-order valence-corrected chi connectivity index (χ4v) is 5.39. The van der Waals surface area contributed by atoms with Crippen LogP contribution < -0.4 is 4.74 Å². The second kappa shape index (κ2) is 12.2. The van der Waals surface area contributed by atoms with Crippen LogP contribution in [0.4, 0.5) is 22.0 Å². The molecule has 2 nitrogen and oxygen atoms in total. The molecule has 7 heteroatoms. The zero-order chi connectivity index (χ0) is 26.4. The van der Waals surface area contributed by atoms with Crippen molar-refractivity contribution in [2.75, 3.05) is 13.7 Å². The molecule has 4 rings (SSSR count). The van der Waals surface area contributed by atoms with E-state index in [0.717, 1.165) is 55.2 Å². The lowest BCUT2D eigenvalue weighted by atomic mass is 9.78. The van der Waals surface area contributed by atoms with Crippen LogP contribution in [0.5, 0.6) is 5.75 Å². The van der Waals surface area contributed by atoms with E-state index >= 15 is 4.39 Å². The first-order valence-electron chi connectivity index (χ1n) is 12.9. The number of rotatable bonds is 10. The maximum absolute atomic E-state index is 15.2. The van der Waals surface area contributed by atoms with E-state index in [1.54, 1.807) is 13.2 Å². The van der Waals surface area contributed by atoms with Crippen LogP contribution in [-0.4, -0.2) is 20.1 Å². The van der Waals surface area contributed by atoms with Gasteiger partial charge in [0.05, 0.1) is 0 Å². The smallest absolute Gasteiger partial charge is 0.403 e. The van der Waals surface area contributed by atoms with Gasteiger partial charge in [-0.1, -0.05) is 62.1 Å². The molecule has 0 aliphatic heterocycles. The van der Waals surface area contributed by atoms with E-state index in [0.29, 0.717) is 22.9 Å². The van der Waals surface area contributed by atoms with Gasteiger partial charge in [-0.2, -0.15) is 0 Å². The summed E-state index contributed by atoms with van der Waals surface area (Å²) in [4.78, 5) is 0. The minimum Gasteiger partial charge on any atom is -0.403 e. The number of hydrogen-bond donors (Lipinski definition) is 0. The van der Waals surface area contributed by atoms with Crippen molar-refractivity contribution in [2.24, 2.45) is 11.8 Å². The Bertz CT molecular complexity index is 1180. The van der Waals surface area contributed by atoms with E-state index in [9.17, 15) is 17.6 Å². The molecule has 0 saturated heterocycles. The predicted octanol–water partition coefficient (Wildman–Crippen LogP) is 8.58. The Balaban J connectivity index is 1.33. The summed E-state index contributed by atoms with van der Waals surface area (Å²) in [6.07, 6.45) is 3.99. The van der Waals surface area contributed by atoms with Crippen molar-refractivity contribution in [2.45, 2.75) is 64.1 Å². The van der Waals surface area contributed by atoms with E-state index in [1.165, 1.54) is 37.3 Å². The van der Waals surface area contributed by atoms with Gasteiger partial charge >= 0.3 is 6.36 Å². The van der Waals surface area contributed by atoms with Gasteiger partial charge in [-0.3, -0.25) is 0 Å². The highest BCUT2D eigenvalue weighted by atomic mass is 19.4. The van der Waals surface area contributed by atoms with Crippen molar-refractivity contribution in [1.29, 1.82) is 0 Å². The fraction of sp³-hybridized carbons (Fsp3) is 0.467. The van der Waals surface area contributed by atoms with E-state index in [1.807, 2.05) is 18.2 Å². The lowest BCUT2D eigenvalue weighted by Gasteiger charge is -2.28. The van der Waals surface area contributed by atoms with Crippen molar-refractivity contribution in [1.82, 2.24) is 0 Å². The van der Waals surface area contributed by atoms with Gasteiger partial charge in [-0.25, -0.2) is 8.78 Å². The van der Waals surface area contributed by atoms with Gasteiger partial charge in [-0.05, 0) is 78.1 Å². The van der Waals surface area contributed by atoms with Crippen LogP contribution in [0, 0.1) is 23.5 Å². The standard InChI is InChI=1S/C30H33F5O2/c1-36-17-16-21-4-2-20(3-5-21)6-7-22-9-14-26-25(18-22)13-12-24(29(26)32)11-8-23-10-15-28(27(31)19-23)37-30(33,34)35/h9-10,12-15,18-21H,2-8,11,16-17H2,1H3. The number of methoxy groups -OCH3 is 1. The van der Waals surface area contributed by atoms with Gasteiger partial charge in [0.2, 0.25) is 0 Å². The van der Waals surface area contributed by atoms with Gasteiger partial charge in [0.25, 0.3) is 0 Å². The van der Waals surface area contributed by atoms with Crippen LogP contribution in [-0.2, 0) is 24.0 Å². The number of fused-ring (bicyclic) bond motifs is 1. The molecule has 0 N–H and O–H groups in total. The van der Waals surface area contributed by atoms with E-state index in [4.69, 9.17) is 4.74 Å². The van der Waals surface area contributed by atoms with Crippen molar-refractivity contribution in [3.8, 4) is 5.75 Å². The molecular formula is C30H33F5O2. The second-order valence-electron chi connectivity index (χ2n) is 10.1. The molecule has 0 aromatic heterocycles. The molecule has 0 radical (unpaired) electrons. The summed E-state index contributed by atoms with van der Waals surface area (Å²) in [6.45, 7) is 0.844. The maximum atomic E-state index is 15.2. The summed E-state index contributed by atoms with van der Waals surface area (Å²) < 4.78 is 75.0. The third kappa shape index (κ3) is 7.67. The quantitative estimate of drug-likeness (QED) is 0.249. The van der Waals surface area contributed by atoms with Gasteiger partial charge in [0.1, 0.15) is 5.82 Å². The van der Waals surface area contributed by atoms with Crippen LogP contribution in [0.1, 0.15) is 55.2 Å². The normalized spacial score (nSPS) is 18.3. The minimum absolute atomic E-state index is 0.289. The number of hydrogen-bond acceptors (Lipinski definition) is 2. The summed E-state index contributed by atoms with van der Waals surface area (Å²) in [5.41, 5.74) is 2.16. The molecular weight excluding hydrogens is 487 g/mol. The fourth-order valence-electron chi connectivity index (χ4n) is 5.39. The number of aryl methyl sites for hydroxylation is 3. The number of alkyl halides is 3. The number of benzene rings is 3. The Morgan fingerprint density at radius 2 is 1.46 bits per heavy atom. The Hall–Kier alpha value is -2.67. The minimum atomic E-state index is -4.96. The zero-order valence-corrected chi connectivity index (χ0v) is 21.1. The van der Waals surface area contributed by atoms with Crippen LogP contribution in [0.2, 0.25) is 0 Å². The molecule has 1 aliphatic carbocycles. The molecule has 1 fully saturated rings.